The molecule has 39 heavy (non-hydrogen) atoms. The molecule has 0 spiro atoms. The fourth-order valence-corrected chi connectivity index (χ4v) is 4.25. The van der Waals surface area contributed by atoms with Crippen LogP contribution in [0.15, 0.2) is 57.7 Å². The van der Waals surface area contributed by atoms with E-state index in [4.69, 9.17) is 28.1 Å². The molecule has 4 aromatic rings. The molecule has 0 radical (unpaired) electrons. The third-order valence-corrected chi connectivity index (χ3v) is 6.11. The Hall–Kier alpha value is -4.61. The zero-order valence-electron chi connectivity index (χ0n) is 21.6. The summed E-state index contributed by atoms with van der Waals surface area (Å²) in [7, 11) is 5.68. The van der Waals surface area contributed by atoms with Crippen LogP contribution >= 0.6 is 0 Å². The molecule has 0 fully saturated rings. The van der Waals surface area contributed by atoms with Crippen molar-refractivity contribution < 1.29 is 48.5 Å². The molecule has 4 rings (SSSR count). The number of methoxy groups -OCH3 is 4. The van der Waals surface area contributed by atoms with E-state index in [1.165, 1.54) is 46.6 Å². The van der Waals surface area contributed by atoms with Gasteiger partial charge in [-0.1, -0.05) is 6.07 Å². The number of aliphatic hydroxyl groups is 1. The van der Waals surface area contributed by atoms with Crippen LogP contribution in [0.3, 0.4) is 0 Å². The SMILES string of the molecule is COc1cc([C@H](OC)[C@@H](CO)Oc2c(OC)cc(-c3cc(=O)c4c(O)cc(O)cc4o3)cc2OC)ccc1O. The van der Waals surface area contributed by atoms with E-state index in [1.54, 1.807) is 24.3 Å². The maximum absolute atomic E-state index is 12.7. The molecule has 11 heteroatoms. The summed E-state index contributed by atoms with van der Waals surface area (Å²) in [5, 5.41) is 40.0. The van der Waals surface area contributed by atoms with Gasteiger partial charge in [0.2, 0.25) is 5.75 Å². The van der Waals surface area contributed by atoms with Gasteiger partial charge >= 0.3 is 0 Å². The molecule has 4 N–H and O–H groups in total. The standard InChI is InChI=1S/C28H28O11/c1-34-21-7-14(5-6-17(21)31)27(37-4)25(13-29)39-28-23(35-2)8-15(9-24(28)36-3)20-12-19(33)26-18(32)10-16(30)11-22(26)38-20/h5-12,25,27,29-32H,13H2,1-4H3/t25-,27+/m1/s1. The summed E-state index contributed by atoms with van der Waals surface area (Å²) in [5.74, 6) is 0.155. The van der Waals surface area contributed by atoms with Crippen molar-refractivity contribution in [3.63, 3.8) is 0 Å². The number of rotatable bonds is 10. The average molecular weight is 541 g/mol. The number of hydrogen-bond acceptors (Lipinski definition) is 11. The van der Waals surface area contributed by atoms with Crippen LogP contribution in [0.2, 0.25) is 0 Å². The van der Waals surface area contributed by atoms with Gasteiger partial charge in [0, 0.05) is 30.9 Å². The van der Waals surface area contributed by atoms with E-state index in [2.05, 4.69) is 0 Å². The second kappa shape index (κ2) is 11.4. The van der Waals surface area contributed by atoms with Crippen LogP contribution in [-0.2, 0) is 4.74 Å². The van der Waals surface area contributed by atoms with E-state index < -0.39 is 30.0 Å². The van der Waals surface area contributed by atoms with Crippen molar-refractivity contribution >= 4 is 11.0 Å². The lowest BCUT2D eigenvalue weighted by atomic mass is 10.0. The predicted octanol–water partition coefficient (Wildman–Crippen LogP) is 3.73. The molecule has 2 atom stereocenters. The molecule has 206 valence electrons. The van der Waals surface area contributed by atoms with Crippen LogP contribution in [0.1, 0.15) is 11.7 Å². The first-order valence-electron chi connectivity index (χ1n) is 11.7. The lowest BCUT2D eigenvalue weighted by Crippen LogP contribution is -2.30. The first-order chi connectivity index (χ1) is 18.7. The highest BCUT2D eigenvalue weighted by atomic mass is 16.6. The van der Waals surface area contributed by atoms with Crippen LogP contribution < -0.4 is 24.4 Å². The molecule has 1 aromatic heterocycles. The molecule has 0 saturated carbocycles. The van der Waals surface area contributed by atoms with Crippen molar-refractivity contribution in [1.82, 2.24) is 0 Å². The van der Waals surface area contributed by atoms with Gasteiger partial charge in [0.05, 0.1) is 27.9 Å². The van der Waals surface area contributed by atoms with Crippen molar-refractivity contribution in [3.05, 3.63) is 64.3 Å². The van der Waals surface area contributed by atoms with Crippen molar-refractivity contribution in [2.45, 2.75) is 12.2 Å². The molecule has 11 nitrogen and oxygen atoms in total. The van der Waals surface area contributed by atoms with Crippen molar-refractivity contribution in [3.8, 4) is 51.6 Å². The minimum Gasteiger partial charge on any atom is -0.508 e. The second-order valence-corrected chi connectivity index (χ2v) is 8.45. The van der Waals surface area contributed by atoms with Crippen LogP contribution in [0.5, 0.6) is 40.2 Å². The molecular weight excluding hydrogens is 512 g/mol. The molecule has 1 heterocycles. The van der Waals surface area contributed by atoms with E-state index in [-0.39, 0.29) is 51.2 Å². The Morgan fingerprint density at radius 3 is 2.08 bits per heavy atom. The van der Waals surface area contributed by atoms with Crippen molar-refractivity contribution in [2.75, 3.05) is 35.0 Å². The number of aliphatic hydroxyl groups excluding tert-OH is 1. The fourth-order valence-electron chi connectivity index (χ4n) is 4.25. The summed E-state index contributed by atoms with van der Waals surface area (Å²) in [5.41, 5.74) is 0.422. The summed E-state index contributed by atoms with van der Waals surface area (Å²) in [6.45, 7) is -0.456. The number of phenolic OH excluding ortho intramolecular Hbond substituents is 3. The molecule has 0 amide bonds. The Kier molecular flexibility index (Phi) is 8.03. The van der Waals surface area contributed by atoms with Gasteiger partial charge in [-0.05, 0) is 29.8 Å². The van der Waals surface area contributed by atoms with Gasteiger partial charge in [-0.3, -0.25) is 4.79 Å². The van der Waals surface area contributed by atoms with Crippen LogP contribution in [0.4, 0.5) is 0 Å². The molecule has 0 unspecified atom stereocenters. The number of aromatic hydroxyl groups is 3. The van der Waals surface area contributed by atoms with Gasteiger partial charge in [0.15, 0.2) is 34.5 Å². The van der Waals surface area contributed by atoms with Gasteiger partial charge < -0.3 is 48.5 Å². The maximum Gasteiger partial charge on any atom is 0.204 e. The Bertz CT molecular complexity index is 1520. The topological polar surface area (TPSA) is 157 Å². The summed E-state index contributed by atoms with van der Waals surface area (Å²) in [6, 6.07) is 11.2. The lowest BCUT2D eigenvalue weighted by Gasteiger charge is -2.27. The highest BCUT2D eigenvalue weighted by molar-refractivity contribution is 5.86. The van der Waals surface area contributed by atoms with Gasteiger partial charge in [0.1, 0.15) is 34.3 Å². The van der Waals surface area contributed by atoms with E-state index in [0.717, 1.165) is 6.07 Å². The summed E-state index contributed by atoms with van der Waals surface area (Å²) >= 11 is 0. The zero-order valence-corrected chi connectivity index (χ0v) is 21.6. The minimum absolute atomic E-state index is 0.0131. The third-order valence-electron chi connectivity index (χ3n) is 6.11. The Balaban J connectivity index is 1.76. The van der Waals surface area contributed by atoms with Gasteiger partial charge in [0.25, 0.3) is 0 Å². The van der Waals surface area contributed by atoms with Crippen molar-refractivity contribution in [1.29, 1.82) is 0 Å². The second-order valence-electron chi connectivity index (χ2n) is 8.45. The monoisotopic (exact) mass is 540 g/mol. The largest absolute Gasteiger partial charge is 0.508 e. The van der Waals surface area contributed by atoms with Crippen LogP contribution in [0.25, 0.3) is 22.3 Å². The van der Waals surface area contributed by atoms with Crippen LogP contribution in [0, 0.1) is 0 Å². The highest BCUT2D eigenvalue weighted by Crippen LogP contribution is 2.44. The lowest BCUT2D eigenvalue weighted by molar-refractivity contribution is -0.0273. The minimum atomic E-state index is -0.942. The molecular formula is C28H28O11. The van der Waals surface area contributed by atoms with E-state index in [0.29, 0.717) is 11.1 Å². The number of hydrogen-bond donors (Lipinski definition) is 4. The van der Waals surface area contributed by atoms with E-state index in [9.17, 15) is 25.2 Å². The fraction of sp³-hybridized carbons (Fsp3) is 0.250. The Labute approximate surface area is 222 Å². The number of fused-ring (bicyclic) bond motifs is 1. The normalized spacial score (nSPS) is 12.6. The molecule has 0 saturated heterocycles. The Morgan fingerprint density at radius 2 is 1.49 bits per heavy atom. The number of phenols is 3. The summed E-state index contributed by atoms with van der Waals surface area (Å²) in [4.78, 5) is 12.7. The van der Waals surface area contributed by atoms with Crippen LogP contribution in [-0.4, -0.2) is 61.6 Å². The summed E-state index contributed by atoms with van der Waals surface area (Å²) < 4.78 is 33.8. The summed E-state index contributed by atoms with van der Waals surface area (Å²) in [6.07, 6.45) is -1.72. The zero-order chi connectivity index (χ0) is 28.3. The predicted molar refractivity (Wildman–Crippen MR) is 140 cm³/mol. The number of benzene rings is 3. The number of ether oxygens (including phenoxy) is 5. The average Bonchev–Trinajstić information content (AvgIpc) is 2.92. The molecule has 0 aliphatic rings. The van der Waals surface area contributed by atoms with E-state index in [1.807, 2.05) is 0 Å². The molecule has 0 bridgehead atoms. The molecule has 3 aromatic carbocycles. The van der Waals surface area contributed by atoms with Gasteiger partial charge in [-0.2, -0.15) is 0 Å². The van der Waals surface area contributed by atoms with Gasteiger partial charge in [-0.25, -0.2) is 0 Å². The maximum atomic E-state index is 12.7. The highest BCUT2D eigenvalue weighted by Gasteiger charge is 2.29. The quantitative estimate of drug-likeness (QED) is 0.232. The first kappa shape index (κ1) is 27.4. The smallest absolute Gasteiger partial charge is 0.204 e. The third kappa shape index (κ3) is 5.35. The van der Waals surface area contributed by atoms with Gasteiger partial charge in [-0.15, -0.1) is 0 Å². The van der Waals surface area contributed by atoms with E-state index >= 15 is 0 Å². The molecule has 0 aliphatic carbocycles. The Morgan fingerprint density at radius 1 is 0.821 bits per heavy atom. The molecule has 0 aliphatic heterocycles. The first-order valence-corrected chi connectivity index (χ1v) is 11.7. The van der Waals surface area contributed by atoms with Crippen molar-refractivity contribution in [2.24, 2.45) is 0 Å².